The van der Waals surface area contributed by atoms with E-state index in [2.05, 4.69) is 29.4 Å². The molecule has 1 aliphatic heterocycles. The van der Waals surface area contributed by atoms with E-state index in [1.54, 1.807) is 0 Å². The third-order valence-electron chi connectivity index (χ3n) is 8.96. The number of hydrogen-bond acceptors (Lipinski definition) is 3. The molecular weight excluding hydrogens is 408 g/mol. The van der Waals surface area contributed by atoms with Crippen molar-refractivity contribution in [3.05, 3.63) is 48.5 Å². The summed E-state index contributed by atoms with van der Waals surface area (Å²) < 4.78 is 0. The lowest BCUT2D eigenvalue weighted by molar-refractivity contribution is 0.0735. The van der Waals surface area contributed by atoms with Crippen molar-refractivity contribution in [3.63, 3.8) is 0 Å². The van der Waals surface area contributed by atoms with E-state index in [1.807, 2.05) is 41.3 Å². The summed E-state index contributed by atoms with van der Waals surface area (Å²) in [6, 6.07) is 16.0. The van der Waals surface area contributed by atoms with Crippen LogP contribution in [-0.4, -0.2) is 49.1 Å². The smallest absolute Gasteiger partial charge is 0.321 e. The van der Waals surface area contributed by atoms with Crippen molar-refractivity contribution in [3.8, 4) is 11.1 Å². The number of hydrogen-bond donors (Lipinski definition) is 2. The van der Waals surface area contributed by atoms with Gasteiger partial charge in [-0.3, -0.25) is 0 Å². The minimum atomic E-state index is -0.0452. The fourth-order valence-corrected chi connectivity index (χ4v) is 7.79. The zero-order valence-electron chi connectivity index (χ0n) is 19.7. The number of rotatable bonds is 6. The Morgan fingerprint density at radius 2 is 1.79 bits per heavy atom. The van der Waals surface area contributed by atoms with Gasteiger partial charge >= 0.3 is 6.03 Å². The Bertz CT molecular complexity index is 1020. The molecule has 5 fully saturated rings. The Balaban J connectivity index is 1.01. The number of nitrogens with two attached hydrogens (primary N) is 1. The Morgan fingerprint density at radius 3 is 2.52 bits per heavy atom. The van der Waals surface area contributed by atoms with E-state index < -0.39 is 0 Å². The minimum absolute atomic E-state index is 0.0452. The third-order valence-corrected chi connectivity index (χ3v) is 8.96. The van der Waals surface area contributed by atoms with Gasteiger partial charge in [-0.2, -0.15) is 0 Å². The molecule has 7 rings (SSSR count). The summed E-state index contributed by atoms with van der Waals surface area (Å²) >= 11 is 0. The average molecular weight is 445 g/mol. The molecule has 4 aliphatic carbocycles. The second-order valence-electron chi connectivity index (χ2n) is 11.5. The largest absolute Gasteiger partial charge is 0.397 e. The summed E-state index contributed by atoms with van der Waals surface area (Å²) in [5, 5.41) is 3.04. The second-order valence-corrected chi connectivity index (χ2v) is 11.5. The van der Waals surface area contributed by atoms with Crippen LogP contribution in [0.5, 0.6) is 0 Å². The van der Waals surface area contributed by atoms with Crippen molar-refractivity contribution in [2.24, 2.45) is 29.1 Å². The third kappa shape index (κ3) is 3.90. The van der Waals surface area contributed by atoms with Gasteiger partial charge in [0.15, 0.2) is 0 Å². The van der Waals surface area contributed by atoms with E-state index in [0.29, 0.717) is 22.7 Å². The van der Waals surface area contributed by atoms with Gasteiger partial charge in [-0.25, -0.2) is 4.79 Å². The molecule has 2 atom stereocenters. The molecule has 4 bridgehead atoms. The van der Waals surface area contributed by atoms with Gasteiger partial charge in [-0.15, -0.1) is 0 Å². The van der Waals surface area contributed by atoms with Crippen LogP contribution in [0.25, 0.3) is 11.1 Å². The van der Waals surface area contributed by atoms with Gasteiger partial charge in [0.1, 0.15) is 0 Å². The number of nitrogens with one attached hydrogen (secondary N) is 1. The van der Waals surface area contributed by atoms with Crippen molar-refractivity contribution in [2.75, 3.05) is 44.3 Å². The van der Waals surface area contributed by atoms with Crippen LogP contribution in [0.15, 0.2) is 48.5 Å². The highest BCUT2D eigenvalue weighted by Crippen LogP contribution is 2.65. The number of nitrogens with zero attached hydrogens (tertiary/aromatic N) is 2. The molecule has 174 valence electrons. The van der Waals surface area contributed by atoms with Crippen LogP contribution in [0.1, 0.15) is 32.1 Å². The highest BCUT2D eigenvalue weighted by atomic mass is 16.2. The number of likely N-dealkylation sites (tertiary alicyclic amines) is 1. The Morgan fingerprint density at radius 1 is 1.06 bits per heavy atom. The number of anilines is 2. The summed E-state index contributed by atoms with van der Waals surface area (Å²) in [7, 11) is 2.30. The molecule has 5 nitrogen and oxygen atoms in total. The number of benzene rings is 2. The molecule has 2 aromatic rings. The average Bonchev–Trinajstić information content (AvgIpc) is 3.15. The van der Waals surface area contributed by atoms with Crippen LogP contribution in [0.2, 0.25) is 0 Å². The van der Waals surface area contributed by atoms with Crippen LogP contribution >= 0.6 is 0 Å². The predicted molar refractivity (Wildman–Crippen MR) is 134 cm³/mol. The lowest BCUT2D eigenvalue weighted by Crippen LogP contribution is -2.55. The maximum atomic E-state index is 12.8. The molecule has 1 saturated heterocycles. The number of nitrogen functional groups attached to an aromatic ring is 1. The quantitative estimate of drug-likeness (QED) is 0.605. The topological polar surface area (TPSA) is 61.6 Å². The van der Waals surface area contributed by atoms with Gasteiger partial charge in [0.25, 0.3) is 0 Å². The molecule has 0 spiro atoms. The molecule has 0 radical (unpaired) electrons. The normalized spacial score (nSPS) is 30.1. The summed E-state index contributed by atoms with van der Waals surface area (Å²) in [6.45, 7) is 4.02. The van der Waals surface area contributed by atoms with E-state index in [-0.39, 0.29) is 6.03 Å². The molecule has 33 heavy (non-hydrogen) atoms. The van der Waals surface area contributed by atoms with Gasteiger partial charge in [0.2, 0.25) is 0 Å². The van der Waals surface area contributed by atoms with E-state index in [4.69, 9.17) is 5.73 Å². The molecule has 1 heterocycles. The number of carbonyl (C=O) groups is 1. The van der Waals surface area contributed by atoms with Crippen molar-refractivity contribution in [1.29, 1.82) is 0 Å². The molecule has 4 saturated carbocycles. The van der Waals surface area contributed by atoms with Crippen LogP contribution in [0.3, 0.4) is 0 Å². The van der Waals surface area contributed by atoms with E-state index >= 15 is 0 Å². The number of amides is 2. The number of urea groups is 1. The molecule has 0 aromatic heterocycles. The summed E-state index contributed by atoms with van der Waals surface area (Å²) in [5.74, 6) is 3.60. The maximum Gasteiger partial charge on any atom is 0.321 e. The van der Waals surface area contributed by atoms with Crippen LogP contribution in [-0.2, 0) is 0 Å². The molecule has 2 unspecified atom stereocenters. The molecule has 2 amide bonds. The maximum absolute atomic E-state index is 12.8. The molecule has 2 aromatic carbocycles. The second kappa shape index (κ2) is 8.05. The highest BCUT2D eigenvalue weighted by molar-refractivity contribution is 5.94. The van der Waals surface area contributed by atoms with Crippen molar-refractivity contribution < 1.29 is 4.79 Å². The number of carbonyl (C=O) groups excluding carboxylic acids is 1. The summed E-state index contributed by atoms with van der Waals surface area (Å²) in [4.78, 5) is 17.3. The van der Waals surface area contributed by atoms with Gasteiger partial charge in [-0.1, -0.05) is 36.4 Å². The van der Waals surface area contributed by atoms with Gasteiger partial charge in [0, 0.05) is 32.1 Å². The van der Waals surface area contributed by atoms with Gasteiger partial charge in [0.05, 0.1) is 11.4 Å². The lowest BCUT2D eigenvalue weighted by Gasteiger charge is -2.43. The zero-order valence-corrected chi connectivity index (χ0v) is 19.7. The van der Waals surface area contributed by atoms with E-state index in [1.165, 1.54) is 38.6 Å². The molecule has 3 N–H and O–H groups in total. The zero-order chi connectivity index (χ0) is 22.6. The predicted octanol–water partition coefficient (Wildman–Crippen LogP) is 5.16. The summed E-state index contributed by atoms with van der Waals surface area (Å²) in [6.07, 6.45) is 7.45. The van der Waals surface area contributed by atoms with E-state index in [0.717, 1.165) is 48.5 Å². The Kier molecular flexibility index (Phi) is 5.13. The first-order valence-corrected chi connectivity index (χ1v) is 12.7. The van der Waals surface area contributed by atoms with Crippen molar-refractivity contribution in [2.45, 2.75) is 32.1 Å². The lowest BCUT2D eigenvalue weighted by atomic mass is 9.75. The highest BCUT2D eigenvalue weighted by Gasteiger charge is 2.57. The Hall–Kier alpha value is -2.53. The fraction of sp³-hybridized carbons (Fsp3) is 0.536. The summed E-state index contributed by atoms with van der Waals surface area (Å²) in [5.41, 5.74) is 10.2. The van der Waals surface area contributed by atoms with Gasteiger partial charge in [-0.05, 0) is 85.6 Å². The SMILES string of the molecule is CN(CC1CN(C(=O)Nc2cc(-c3ccccc3)ccc2N)C1)CC12CC3CC(CC1C3)C2. The Labute approximate surface area is 197 Å². The van der Waals surface area contributed by atoms with Crippen LogP contribution in [0.4, 0.5) is 16.2 Å². The first-order chi connectivity index (χ1) is 16.0. The molecular formula is C28H36N4O. The first-order valence-electron chi connectivity index (χ1n) is 12.7. The molecule has 5 aliphatic rings. The monoisotopic (exact) mass is 444 g/mol. The van der Waals surface area contributed by atoms with E-state index in [9.17, 15) is 4.79 Å². The van der Waals surface area contributed by atoms with Crippen molar-refractivity contribution >= 4 is 17.4 Å². The van der Waals surface area contributed by atoms with Crippen LogP contribution < -0.4 is 11.1 Å². The molecule has 5 heteroatoms. The standard InChI is InChI=1S/C28H36N4O/c1-31(18-28-13-19-9-20(14-28)11-24(28)10-19)15-21-16-32(17-21)27(33)30-26-12-23(7-8-25(26)29)22-5-3-2-4-6-22/h2-8,12,19-21,24H,9-11,13-18,29H2,1H3,(H,30,33). The minimum Gasteiger partial charge on any atom is -0.397 e. The van der Waals surface area contributed by atoms with Gasteiger partial charge < -0.3 is 20.9 Å². The van der Waals surface area contributed by atoms with Crippen molar-refractivity contribution in [1.82, 2.24) is 9.80 Å². The fourth-order valence-electron chi connectivity index (χ4n) is 7.79. The van der Waals surface area contributed by atoms with Crippen LogP contribution in [0, 0.1) is 29.1 Å². The first kappa shape index (κ1) is 21.0.